The van der Waals surface area contributed by atoms with Crippen LogP contribution in [0.3, 0.4) is 0 Å². The maximum Gasteiger partial charge on any atom is 0.310 e. The molecule has 0 heterocycles. The first kappa shape index (κ1) is 22.0. The molecule has 0 aromatic heterocycles. The number of hydrogen-bond acceptors (Lipinski definition) is 3. The predicted molar refractivity (Wildman–Crippen MR) is 100 cm³/mol. The van der Waals surface area contributed by atoms with Gasteiger partial charge in [0, 0.05) is 0 Å². The van der Waals surface area contributed by atoms with Gasteiger partial charge in [-0.3, -0.25) is 9.59 Å². The second-order valence-corrected chi connectivity index (χ2v) is 9.15. The van der Waals surface area contributed by atoms with Crippen LogP contribution in [-0.4, -0.2) is 22.6 Å². The van der Waals surface area contributed by atoms with E-state index in [9.17, 15) is 14.7 Å². The number of carbonyl (C=O) groups excluding carboxylic acids is 1. The van der Waals surface area contributed by atoms with Gasteiger partial charge in [-0.25, -0.2) is 0 Å². The lowest BCUT2D eigenvalue weighted by Gasteiger charge is -2.29. The molecule has 0 aliphatic heterocycles. The van der Waals surface area contributed by atoms with Crippen molar-refractivity contribution < 1.29 is 19.4 Å². The molecular weight excluding hydrogens is 316 g/mol. The Morgan fingerprint density at radius 1 is 1.08 bits per heavy atom. The number of carbonyl (C=O) groups is 2. The van der Waals surface area contributed by atoms with Gasteiger partial charge in [0.2, 0.25) is 0 Å². The molecular formula is C21H38O4. The standard InChI is InChI=1S/C21H38O4/c1-15(2)14-18(19(22)23)17(20(24)25-21(3,4)5)13-9-12-16-10-7-6-8-11-16/h15-18H,6-14H2,1-5H3,(H,22,23). The molecule has 146 valence electrons. The van der Waals surface area contributed by atoms with Crippen molar-refractivity contribution in [3.8, 4) is 0 Å². The van der Waals surface area contributed by atoms with Crippen molar-refractivity contribution in [2.45, 2.75) is 98.0 Å². The summed E-state index contributed by atoms with van der Waals surface area (Å²) < 4.78 is 5.55. The zero-order chi connectivity index (χ0) is 19.0. The van der Waals surface area contributed by atoms with Gasteiger partial charge in [-0.2, -0.15) is 0 Å². The van der Waals surface area contributed by atoms with Gasteiger partial charge in [0.1, 0.15) is 5.60 Å². The number of carboxylic acid groups (broad SMARTS) is 1. The fourth-order valence-electron chi connectivity index (χ4n) is 3.91. The molecule has 2 unspecified atom stereocenters. The highest BCUT2D eigenvalue weighted by Gasteiger charge is 2.36. The molecule has 1 fully saturated rings. The molecule has 0 spiro atoms. The van der Waals surface area contributed by atoms with E-state index in [1.54, 1.807) is 0 Å². The lowest BCUT2D eigenvalue weighted by molar-refractivity contribution is -0.167. The highest BCUT2D eigenvalue weighted by molar-refractivity contribution is 5.81. The number of rotatable bonds is 9. The van der Waals surface area contributed by atoms with Crippen LogP contribution in [0.25, 0.3) is 0 Å². The topological polar surface area (TPSA) is 63.6 Å². The Balaban J connectivity index is 2.74. The summed E-state index contributed by atoms with van der Waals surface area (Å²) in [4.78, 5) is 24.5. The fraction of sp³-hybridized carbons (Fsp3) is 0.905. The van der Waals surface area contributed by atoms with E-state index in [4.69, 9.17) is 4.74 Å². The van der Waals surface area contributed by atoms with E-state index in [1.807, 2.05) is 34.6 Å². The van der Waals surface area contributed by atoms with Crippen molar-refractivity contribution in [2.24, 2.45) is 23.7 Å². The molecule has 0 aromatic rings. The van der Waals surface area contributed by atoms with Crippen LogP contribution in [0.4, 0.5) is 0 Å². The third-order valence-electron chi connectivity index (χ3n) is 5.09. The Bertz CT molecular complexity index is 416. The number of ether oxygens (including phenoxy) is 1. The first-order chi connectivity index (χ1) is 11.6. The molecule has 2 atom stereocenters. The maximum atomic E-state index is 12.7. The summed E-state index contributed by atoms with van der Waals surface area (Å²) in [5, 5.41) is 9.68. The van der Waals surface area contributed by atoms with E-state index in [-0.39, 0.29) is 11.9 Å². The molecule has 1 saturated carbocycles. The Morgan fingerprint density at radius 2 is 1.68 bits per heavy atom. The van der Waals surface area contributed by atoms with Crippen molar-refractivity contribution in [1.29, 1.82) is 0 Å². The lowest BCUT2D eigenvalue weighted by Crippen LogP contribution is -2.36. The molecule has 4 nitrogen and oxygen atoms in total. The molecule has 4 heteroatoms. The van der Waals surface area contributed by atoms with E-state index in [2.05, 4.69) is 0 Å². The highest BCUT2D eigenvalue weighted by Crippen LogP contribution is 2.32. The molecule has 0 aromatic carbocycles. The monoisotopic (exact) mass is 354 g/mol. The van der Waals surface area contributed by atoms with E-state index >= 15 is 0 Å². The van der Waals surface area contributed by atoms with Crippen LogP contribution in [-0.2, 0) is 14.3 Å². The van der Waals surface area contributed by atoms with Crippen LogP contribution in [0.15, 0.2) is 0 Å². The molecule has 1 aliphatic rings. The summed E-state index contributed by atoms with van der Waals surface area (Å²) in [7, 11) is 0. The van der Waals surface area contributed by atoms with Crippen molar-refractivity contribution in [2.75, 3.05) is 0 Å². The molecule has 0 radical (unpaired) electrons. The lowest BCUT2D eigenvalue weighted by atomic mass is 9.80. The predicted octanol–water partition coefficient (Wildman–Crippen LogP) is 5.44. The molecule has 25 heavy (non-hydrogen) atoms. The first-order valence-electron chi connectivity index (χ1n) is 10.1. The molecule has 0 bridgehead atoms. The van der Waals surface area contributed by atoms with Crippen molar-refractivity contribution in [3.63, 3.8) is 0 Å². The zero-order valence-electron chi connectivity index (χ0n) is 16.8. The summed E-state index contributed by atoms with van der Waals surface area (Å²) in [5.41, 5.74) is -0.584. The van der Waals surface area contributed by atoms with Crippen molar-refractivity contribution in [3.05, 3.63) is 0 Å². The molecule has 0 amide bonds. The molecule has 1 aliphatic carbocycles. The fourth-order valence-corrected chi connectivity index (χ4v) is 3.91. The van der Waals surface area contributed by atoms with Gasteiger partial charge in [-0.05, 0) is 45.4 Å². The summed E-state index contributed by atoms with van der Waals surface area (Å²) in [6.45, 7) is 9.51. The molecule has 1 N–H and O–H groups in total. The quantitative estimate of drug-likeness (QED) is 0.560. The normalized spacial score (nSPS) is 18.8. The molecule has 0 saturated heterocycles. The average molecular weight is 355 g/mol. The van der Waals surface area contributed by atoms with E-state index in [1.165, 1.54) is 32.1 Å². The Kier molecular flexibility index (Phi) is 8.95. The number of hydrogen-bond donors (Lipinski definition) is 1. The van der Waals surface area contributed by atoms with Crippen molar-refractivity contribution in [1.82, 2.24) is 0 Å². The summed E-state index contributed by atoms with van der Waals surface area (Å²) >= 11 is 0. The largest absolute Gasteiger partial charge is 0.481 e. The van der Waals surface area contributed by atoms with Gasteiger partial charge in [0.15, 0.2) is 0 Å². The maximum absolute atomic E-state index is 12.7. The van der Waals surface area contributed by atoms with Crippen LogP contribution >= 0.6 is 0 Å². The van der Waals surface area contributed by atoms with Crippen LogP contribution < -0.4 is 0 Å². The minimum Gasteiger partial charge on any atom is -0.481 e. The van der Waals surface area contributed by atoms with Gasteiger partial charge in [0.05, 0.1) is 11.8 Å². The second kappa shape index (κ2) is 10.2. The van der Waals surface area contributed by atoms with E-state index in [0.29, 0.717) is 12.8 Å². The highest BCUT2D eigenvalue weighted by atomic mass is 16.6. The number of aliphatic carboxylic acids is 1. The van der Waals surface area contributed by atoms with Crippen LogP contribution in [0.5, 0.6) is 0 Å². The Morgan fingerprint density at radius 3 is 2.16 bits per heavy atom. The summed E-state index contributed by atoms with van der Waals surface area (Å²) in [5.74, 6) is -1.42. The summed E-state index contributed by atoms with van der Waals surface area (Å²) in [6, 6.07) is 0. The van der Waals surface area contributed by atoms with E-state index < -0.39 is 23.4 Å². The van der Waals surface area contributed by atoms with Crippen LogP contribution in [0.1, 0.15) is 92.4 Å². The van der Waals surface area contributed by atoms with Gasteiger partial charge < -0.3 is 9.84 Å². The van der Waals surface area contributed by atoms with Gasteiger partial charge in [-0.15, -0.1) is 0 Å². The average Bonchev–Trinajstić information content (AvgIpc) is 2.48. The van der Waals surface area contributed by atoms with Crippen molar-refractivity contribution >= 4 is 11.9 Å². The van der Waals surface area contributed by atoms with Gasteiger partial charge in [0.25, 0.3) is 0 Å². The zero-order valence-corrected chi connectivity index (χ0v) is 16.8. The van der Waals surface area contributed by atoms with Gasteiger partial charge >= 0.3 is 11.9 Å². The van der Waals surface area contributed by atoms with Gasteiger partial charge in [-0.1, -0.05) is 58.8 Å². The Hall–Kier alpha value is -1.06. The minimum absolute atomic E-state index is 0.240. The number of esters is 1. The minimum atomic E-state index is -0.873. The van der Waals surface area contributed by atoms with E-state index in [0.717, 1.165) is 18.8 Å². The van der Waals surface area contributed by atoms with Crippen LogP contribution in [0.2, 0.25) is 0 Å². The van der Waals surface area contributed by atoms with Crippen LogP contribution in [0, 0.1) is 23.7 Å². The summed E-state index contributed by atoms with van der Waals surface area (Å²) in [6.07, 6.45) is 9.68. The third-order valence-corrected chi connectivity index (χ3v) is 5.09. The Labute approximate surface area is 153 Å². The first-order valence-corrected chi connectivity index (χ1v) is 10.1. The SMILES string of the molecule is CC(C)CC(C(=O)O)C(CCCC1CCCCC1)C(=O)OC(C)(C)C. The second-order valence-electron chi connectivity index (χ2n) is 9.15. The smallest absolute Gasteiger partial charge is 0.310 e. The third kappa shape index (κ3) is 8.73. The number of carboxylic acids is 1. The molecule has 1 rings (SSSR count).